The van der Waals surface area contributed by atoms with Gasteiger partial charge in [-0.3, -0.25) is 9.59 Å². The minimum Gasteiger partial charge on any atom is -0.370 e. The van der Waals surface area contributed by atoms with Crippen molar-refractivity contribution in [1.82, 2.24) is 0 Å². The summed E-state index contributed by atoms with van der Waals surface area (Å²) in [7, 11) is 0. The van der Waals surface area contributed by atoms with Crippen LogP contribution in [0.3, 0.4) is 0 Å². The van der Waals surface area contributed by atoms with E-state index in [0.717, 1.165) is 0 Å². The molecule has 0 saturated carbocycles. The second-order valence-corrected chi connectivity index (χ2v) is 2.13. The zero-order valence-electron chi connectivity index (χ0n) is 6.02. The van der Waals surface area contributed by atoms with E-state index in [1.54, 1.807) is 0 Å². The maximum absolute atomic E-state index is 10.5. The lowest BCUT2D eigenvalue weighted by molar-refractivity contribution is -0.118. The molecule has 3 heteroatoms. The summed E-state index contributed by atoms with van der Waals surface area (Å²) in [5, 5.41) is 0. The molecule has 1 amide bonds. The Bertz CT molecular complexity index is 172. The number of rotatable bonds is 4. The summed E-state index contributed by atoms with van der Waals surface area (Å²) in [5.74, 6) is -0.483. The van der Waals surface area contributed by atoms with Crippen molar-refractivity contribution in [3.63, 3.8) is 0 Å². The molecule has 0 aliphatic heterocycles. The van der Waals surface area contributed by atoms with Gasteiger partial charge in [-0.05, 0) is 18.9 Å². The minimum absolute atomic E-state index is 0.0822. The van der Waals surface area contributed by atoms with Crippen LogP contribution in [-0.4, -0.2) is 11.7 Å². The van der Waals surface area contributed by atoms with Crippen molar-refractivity contribution in [3.05, 3.63) is 12.2 Å². The zero-order chi connectivity index (χ0) is 8.15. The second-order valence-electron chi connectivity index (χ2n) is 2.13. The third kappa shape index (κ3) is 3.83. The molecule has 0 aromatic carbocycles. The average Bonchev–Trinajstić information content (AvgIpc) is 1.82. The van der Waals surface area contributed by atoms with Gasteiger partial charge in [0.15, 0.2) is 5.78 Å². The first-order valence-electron chi connectivity index (χ1n) is 3.01. The third-order valence-corrected chi connectivity index (χ3v) is 1.17. The Kier molecular flexibility index (Phi) is 3.39. The number of Topliss-reactive ketones (excluding diaryl/α,β-unsaturated/α-hetero) is 1. The molecule has 10 heavy (non-hydrogen) atoms. The number of carbonyl (C=O) groups excluding carboxylic acids is 2. The van der Waals surface area contributed by atoms with E-state index in [2.05, 4.69) is 6.58 Å². The predicted octanol–water partition coefficient (Wildman–Crippen LogP) is 0.397. The highest BCUT2D eigenvalue weighted by Gasteiger charge is 2.01. The van der Waals surface area contributed by atoms with Gasteiger partial charge in [-0.1, -0.05) is 6.58 Å². The van der Waals surface area contributed by atoms with Crippen molar-refractivity contribution >= 4 is 11.7 Å². The first-order chi connectivity index (χ1) is 4.54. The molecule has 0 aliphatic carbocycles. The summed E-state index contributed by atoms with van der Waals surface area (Å²) in [4.78, 5) is 20.7. The molecule has 0 rings (SSSR count). The van der Waals surface area contributed by atoms with Gasteiger partial charge < -0.3 is 5.73 Å². The van der Waals surface area contributed by atoms with Crippen LogP contribution in [0.25, 0.3) is 0 Å². The van der Waals surface area contributed by atoms with Crippen molar-refractivity contribution in [2.45, 2.75) is 19.8 Å². The summed E-state index contributed by atoms with van der Waals surface area (Å²) >= 11 is 0. The van der Waals surface area contributed by atoms with Gasteiger partial charge in [0.1, 0.15) is 0 Å². The molecule has 0 aromatic rings. The number of amides is 1. The normalized spacial score (nSPS) is 8.90. The highest BCUT2D eigenvalue weighted by atomic mass is 16.1. The van der Waals surface area contributed by atoms with Crippen molar-refractivity contribution in [1.29, 1.82) is 0 Å². The van der Waals surface area contributed by atoms with Crippen LogP contribution in [0, 0.1) is 0 Å². The fourth-order valence-corrected chi connectivity index (χ4v) is 0.450. The first-order valence-corrected chi connectivity index (χ1v) is 3.01. The molecular formula is C7H11NO2. The van der Waals surface area contributed by atoms with Crippen molar-refractivity contribution in [2.24, 2.45) is 5.73 Å². The van der Waals surface area contributed by atoms with Crippen LogP contribution in [0.2, 0.25) is 0 Å². The van der Waals surface area contributed by atoms with Crippen LogP contribution in [0.5, 0.6) is 0 Å². The quantitative estimate of drug-likeness (QED) is 0.576. The fraction of sp³-hybridized carbons (Fsp3) is 0.429. The molecule has 0 aliphatic rings. The van der Waals surface area contributed by atoms with E-state index in [-0.39, 0.29) is 12.2 Å². The summed E-state index contributed by atoms with van der Waals surface area (Å²) in [6.07, 6.45) is 0.586. The van der Waals surface area contributed by atoms with Crippen molar-refractivity contribution in [3.8, 4) is 0 Å². The number of hydrogen-bond donors (Lipinski definition) is 1. The molecule has 2 N–H and O–H groups in total. The highest BCUT2D eigenvalue weighted by Crippen LogP contribution is 2.01. The molecule has 0 saturated heterocycles. The van der Waals surface area contributed by atoms with E-state index >= 15 is 0 Å². The maximum Gasteiger partial charge on any atom is 0.217 e. The van der Waals surface area contributed by atoms with Gasteiger partial charge in [-0.2, -0.15) is 0 Å². The number of ketones is 1. The molecule has 0 fully saturated rings. The van der Waals surface area contributed by atoms with Gasteiger partial charge in [0.2, 0.25) is 5.91 Å². The van der Waals surface area contributed by atoms with E-state index in [1.807, 2.05) is 0 Å². The Balaban J connectivity index is 3.60. The molecular weight excluding hydrogens is 130 g/mol. The molecule has 0 spiro atoms. The zero-order valence-corrected chi connectivity index (χ0v) is 6.02. The fourth-order valence-electron chi connectivity index (χ4n) is 0.450. The van der Waals surface area contributed by atoms with Gasteiger partial charge >= 0.3 is 0 Å². The van der Waals surface area contributed by atoms with Gasteiger partial charge in [0, 0.05) is 6.42 Å². The summed E-state index contributed by atoms with van der Waals surface area (Å²) < 4.78 is 0. The van der Waals surface area contributed by atoms with Crippen molar-refractivity contribution in [2.75, 3.05) is 0 Å². The summed E-state index contributed by atoms with van der Waals surface area (Å²) in [6, 6.07) is 0. The Morgan fingerprint density at radius 1 is 1.40 bits per heavy atom. The Labute approximate surface area is 59.9 Å². The van der Waals surface area contributed by atoms with Gasteiger partial charge in [-0.15, -0.1) is 0 Å². The Morgan fingerprint density at radius 2 is 1.90 bits per heavy atom. The van der Waals surface area contributed by atoms with E-state index in [4.69, 9.17) is 5.73 Å². The number of carbonyl (C=O) groups is 2. The van der Waals surface area contributed by atoms with Gasteiger partial charge in [0.25, 0.3) is 0 Å². The first kappa shape index (κ1) is 8.88. The lowest BCUT2D eigenvalue weighted by Gasteiger charge is -1.96. The highest BCUT2D eigenvalue weighted by molar-refractivity contribution is 5.93. The van der Waals surface area contributed by atoms with Crippen LogP contribution in [0.15, 0.2) is 12.2 Å². The molecule has 0 aromatic heterocycles. The molecule has 3 nitrogen and oxygen atoms in total. The number of primary amides is 1. The maximum atomic E-state index is 10.5. The molecule has 0 atom stereocenters. The number of hydrogen-bond acceptors (Lipinski definition) is 2. The summed E-state index contributed by atoms with van der Waals surface area (Å²) in [6.45, 7) is 4.89. The molecule has 56 valence electrons. The largest absolute Gasteiger partial charge is 0.370 e. The molecule has 0 bridgehead atoms. The van der Waals surface area contributed by atoms with Crippen LogP contribution in [0.1, 0.15) is 19.8 Å². The van der Waals surface area contributed by atoms with Gasteiger partial charge in [-0.25, -0.2) is 0 Å². The van der Waals surface area contributed by atoms with Crippen LogP contribution < -0.4 is 5.73 Å². The SMILES string of the molecule is C=C(CCC(N)=O)C(C)=O. The van der Waals surface area contributed by atoms with Crippen LogP contribution in [0.4, 0.5) is 0 Å². The summed E-state index contributed by atoms with van der Waals surface area (Å²) in [5.41, 5.74) is 5.31. The van der Waals surface area contributed by atoms with Crippen molar-refractivity contribution < 1.29 is 9.59 Å². The second kappa shape index (κ2) is 3.82. The lowest BCUT2D eigenvalue weighted by Crippen LogP contribution is -2.11. The monoisotopic (exact) mass is 141 g/mol. The van der Waals surface area contributed by atoms with E-state index in [0.29, 0.717) is 12.0 Å². The molecule has 0 radical (unpaired) electrons. The topological polar surface area (TPSA) is 60.2 Å². The van der Waals surface area contributed by atoms with Gasteiger partial charge in [0.05, 0.1) is 0 Å². The Morgan fingerprint density at radius 3 is 2.20 bits per heavy atom. The smallest absolute Gasteiger partial charge is 0.217 e. The molecule has 0 unspecified atom stereocenters. The standard InChI is InChI=1S/C7H11NO2/c1-5(6(2)9)3-4-7(8)10/h1,3-4H2,2H3,(H2,8,10). The number of allylic oxidation sites excluding steroid dienone is 1. The third-order valence-electron chi connectivity index (χ3n) is 1.17. The molecule has 0 heterocycles. The van der Waals surface area contributed by atoms with E-state index in [1.165, 1.54) is 6.92 Å². The average molecular weight is 141 g/mol. The predicted molar refractivity (Wildman–Crippen MR) is 38.2 cm³/mol. The Hall–Kier alpha value is -1.12. The van der Waals surface area contributed by atoms with Crippen LogP contribution in [-0.2, 0) is 9.59 Å². The lowest BCUT2D eigenvalue weighted by atomic mass is 10.1. The van der Waals surface area contributed by atoms with E-state index in [9.17, 15) is 9.59 Å². The van der Waals surface area contributed by atoms with E-state index < -0.39 is 5.91 Å². The number of nitrogens with two attached hydrogens (primary N) is 1. The minimum atomic E-state index is -0.401. The van der Waals surface area contributed by atoms with Crippen LogP contribution >= 0.6 is 0 Å².